The summed E-state index contributed by atoms with van der Waals surface area (Å²) in [5, 5.41) is 0. The van der Waals surface area contributed by atoms with E-state index in [0.717, 1.165) is 11.3 Å². The molecule has 1 aromatic carbocycles. The van der Waals surface area contributed by atoms with Crippen LogP contribution < -0.4 is 4.74 Å². The number of amides is 1. The molecule has 0 unspecified atom stereocenters. The van der Waals surface area contributed by atoms with E-state index in [4.69, 9.17) is 14.2 Å². The molecule has 1 heterocycles. The minimum Gasteiger partial charge on any atom is -0.497 e. The van der Waals surface area contributed by atoms with E-state index in [1.165, 1.54) is 0 Å². The average Bonchev–Trinajstić information content (AvgIpc) is 2.74. The second-order valence-corrected chi connectivity index (χ2v) is 6.54. The van der Waals surface area contributed by atoms with E-state index in [2.05, 4.69) is 0 Å². The number of carbonyl (C=O) groups is 2. The van der Waals surface area contributed by atoms with Crippen molar-refractivity contribution in [2.24, 2.45) is 0 Å². The van der Waals surface area contributed by atoms with E-state index in [1.54, 1.807) is 39.8 Å². The SMILES string of the molecule is COc1ccc([C@H]2C[C@@H](OC(=O)OC(C)(C)C)C(=O)N2C)cc1. The number of likely N-dealkylation sites (tertiary alicyclic amines) is 1. The van der Waals surface area contributed by atoms with Crippen LogP contribution in [0.4, 0.5) is 4.79 Å². The zero-order valence-electron chi connectivity index (χ0n) is 14.2. The van der Waals surface area contributed by atoms with Crippen molar-refractivity contribution in [1.29, 1.82) is 0 Å². The van der Waals surface area contributed by atoms with Gasteiger partial charge in [-0.25, -0.2) is 4.79 Å². The lowest BCUT2D eigenvalue weighted by molar-refractivity contribution is -0.136. The first-order valence-corrected chi connectivity index (χ1v) is 7.51. The third kappa shape index (κ3) is 4.15. The van der Waals surface area contributed by atoms with Gasteiger partial charge < -0.3 is 19.1 Å². The molecule has 2 rings (SSSR count). The van der Waals surface area contributed by atoms with Gasteiger partial charge in [0.05, 0.1) is 13.2 Å². The standard InChI is InChI=1S/C17H23NO5/c1-17(2,3)23-16(20)22-14-10-13(18(4)15(14)19)11-6-8-12(21-5)9-7-11/h6-9,13-14H,10H2,1-5H3/t13-,14-/m1/s1. The van der Waals surface area contributed by atoms with Crippen molar-refractivity contribution in [1.82, 2.24) is 4.90 Å². The van der Waals surface area contributed by atoms with Crippen molar-refractivity contribution in [3.63, 3.8) is 0 Å². The quantitative estimate of drug-likeness (QED) is 0.801. The summed E-state index contributed by atoms with van der Waals surface area (Å²) in [5.41, 5.74) is 0.317. The van der Waals surface area contributed by atoms with Crippen LogP contribution in [-0.2, 0) is 14.3 Å². The Hall–Kier alpha value is -2.24. The van der Waals surface area contributed by atoms with Gasteiger partial charge in [-0.2, -0.15) is 0 Å². The lowest BCUT2D eigenvalue weighted by atomic mass is 10.0. The maximum absolute atomic E-state index is 12.3. The Morgan fingerprint density at radius 1 is 1.22 bits per heavy atom. The van der Waals surface area contributed by atoms with E-state index in [1.807, 2.05) is 24.3 Å². The molecule has 1 fully saturated rings. The number of benzene rings is 1. The third-order valence-corrected chi connectivity index (χ3v) is 3.66. The van der Waals surface area contributed by atoms with Gasteiger partial charge in [0.1, 0.15) is 11.4 Å². The Morgan fingerprint density at radius 3 is 2.35 bits per heavy atom. The number of methoxy groups -OCH3 is 1. The smallest absolute Gasteiger partial charge is 0.497 e. The van der Waals surface area contributed by atoms with Gasteiger partial charge in [-0.3, -0.25) is 4.79 Å². The second kappa shape index (κ2) is 6.48. The van der Waals surface area contributed by atoms with E-state index in [0.29, 0.717) is 6.42 Å². The molecule has 0 aromatic heterocycles. The average molecular weight is 321 g/mol. The summed E-state index contributed by atoms with van der Waals surface area (Å²) in [4.78, 5) is 25.6. The molecule has 2 atom stereocenters. The molecule has 1 aromatic rings. The molecule has 6 nitrogen and oxygen atoms in total. The third-order valence-electron chi connectivity index (χ3n) is 3.66. The maximum Gasteiger partial charge on any atom is 0.509 e. The number of carbonyl (C=O) groups excluding carboxylic acids is 2. The van der Waals surface area contributed by atoms with Gasteiger partial charge in [-0.1, -0.05) is 12.1 Å². The van der Waals surface area contributed by atoms with Crippen LogP contribution in [-0.4, -0.2) is 42.8 Å². The molecule has 0 radical (unpaired) electrons. The van der Waals surface area contributed by atoms with Crippen LogP contribution in [0.15, 0.2) is 24.3 Å². The molecule has 1 amide bonds. The topological polar surface area (TPSA) is 65.1 Å². The fraction of sp³-hybridized carbons (Fsp3) is 0.529. The lowest BCUT2D eigenvalue weighted by Crippen LogP contribution is -2.32. The summed E-state index contributed by atoms with van der Waals surface area (Å²) in [7, 11) is 3.31. The second-order valence-electron chi connectivity index (χ2n) is 6.54. The first kappa shape index (κ1) is 17.1. The Kier molecular flexibility index (Phi) is 4.82. The molecule has 6 heteroatoms. The summed E-state index contributed by atoms with van der Waals surface area (Å²) < 4.78 is 15.4. The van der Waals surface area contributed by atoms with Gasteiger partial charge in [0.25, 0.3) is 5.91 Å². The summed E-state index contributed by atoms with van der Waals surface area (Å²) in [5.74, 6) is 0.527. The van der Waals surface area contributed by atoms with Crippen molar-refractivity contribution in [3.8, 4) is 5.75 Å². The summed E-state index contributed by atoms with van der Waals surface area (Å²) >= 11 is 0. The largest absolute Gasteiger partial charge is 0.509 e. The fourth-order valence-electron chi connectivity index (χ4n) is 2.52. The maximum atomic E-state index is 12.3. The molecule has 0 aliphatic carbocycles. The molecule has 0 saturated carbocycles. The number of likely N-dealkylation sites (N-methyl/N-ethyl adjacent to an activating group) is 1. The number of hydrogen-bond donors (Lipinski definition) is 0. The Bertz CT molecular complexity index is 576. The first-order valence-electron chi connectivity index (χ1n) is 7.51. The highest BCUT2D eigenvalue weighted by Crippen LogP contribution is 2.34. The monoisotopic (exact) mass is 321 g/mol. The van der Waals surface area contributed by atoms with Crippen LogP contribution >= 0.6 is 0 Å². The Labute approximate surface area is 136 Å². The van der Waals surface area contributed by atoms with Gasteiger partial charge >= 0.3 is 6.16 Å². The molecule has 1 aliphatic rings. The molecular formula is C17H23NO5. The highest BCUT2D eigenvalue weighted by atomic mass is 16.7. The highest BCUT2D eigenvalue weighted by molar-refractivity contribution is 5.85. The lowest BCUT2D eigenvalue weighted by Gasteiger charge is -2.20. The van der Waals surface area contributed by atoms with Gasteiger partial charge in [-0.15, -0.1) is 0 Å². The van der Waals surface area contributed by atoms with Crippen molar-refractivity contribution in [2.45, 2.75) is 44.9 Å². The van der Waals surface area contributed by atoms with E-state index >= 15 is 0 Å². The zero-order valence-corrected chi connectivity index (χ0v) is 14.2. The van der Waals surface area contributed by atoms with E-state index in [9.17, 15) is 9.59 Å². The van der Waals surface area contributed by atoms with Gasteiger partial charge in [0.2, 0.25) is 0 Å². The molecule has 1 aliphatic heterocycles. The summed E-state index contributed by atoms with van der Waals surface area (Å²) in [6.45, 7) is 5.24. The number of ether oxygens (including phenoxy) is 3. The Balaban J connectivity index is 2.05. The molecular weight excluding hydrogens is 298 g/mol. The molecule has 0 N–H and O–H groups in total. The van der Waals surface area contributed by atoms with Crippen molar-refractivity contribution < 1.29 is 23.8 Å². The predicted molar refractivity (Wildman–Crippen MR) is 84.2 cm³/mol. The molecule has 0 bridgehead atoms. The number of nitrogens with zero attached hydrogens (tertiary/aromatic N) is 1. The van der Waals surface area contributed by atoms with Crippen LogP contribution in [0.25, 0.3) is 0 Å². The van der Waals surface area contributed by atoms with Gasteiger partial charge in [0, 0.05) is 13.5 Å². The number of rotatable bonds is 3. The Morgan fingerprint density at radius 2 is 1.83 bits per heavy atom. The highest BCUT2D eigenvalue weighted by Gasteiger charge is 2.41. The van der Waals surface area contributed by atoms with Gasteiger partial charge in [0.15, 0.2) is 6.10 Å². The summed E-state index contributed by atoms with van der Waals surface area (Å²) in [6, 6.07) is 7.36. The minimum atomic E-state index is -0.820. The van der Waals surface area contributed by atoms with Crippen LogP contribution in [0.2, 0.25) is 0 Å². The first-order chi connectivity index (χ1) is 10.7. The molecule has 1 saturated heterocycles. The molecule has 126 valence electrons. The fourth-order valence-corrected chi connectivity index (χ4v) is 2.52. The van der Waals surface area contributed by atoms with Gasteiger partial charge in [-0.05, 0) is 38.5 Å². The molecule has 0 spiro atoms. The van der Waals surface area contributed by atoms with E-state index in [-0.39, 0.29) is 11.9 Å². The van der Waals surface area contributed by atoms with Crippen LogP contribution in [0.3, 0.4) is 0 Å². The normalized spacial score (nSPS) is 21.3. The van der Waals surface area contributed by atoms with Crippen LogP contribution in [0.5, 0.6) is 5.75 Å². The predicted octanol–water partition coefficient (Wildman–Crippen LogP) is 2.92. The molecule has 23 heavy (non-hydrogen) atoms. The van der Waals surface area contributed by atoms with Crippen molar-refractivity contribution in [3.05, 3.63) is 29.8 Å². The van der Waals surface area contributed by atoms with Crippen LogP contribution in [0.1, 0.15) is 38.8 Å². The summed E-state index contributed by atoms with van der Waals surface area (Å²) in [6.07, 6.45) is -1.23. The van der Waals surface area contributed by atoms with Crippen LogP contribution in [0, 0.1) is 0 Å². The minimum absolute atomic E-state index is 0.138. The van der Waals surface area contributed by atoms with Crippen molar-refractivity contribution in [2.75, 3.05) is 14.2 Å². The zero-order chi connectivity index (χ0) is 17.2. The van der Waals surface area contributed by atoms with Crippen molar-refractivity contribution >= 4 is 12.1 Å². The number of hydrogen-bond acceptors (Lipinski definition) is 5. The van der Waals surface area contributed by atoms with E-state index < -0.39 is 17.9 Å².